The zero-order chi connectivity index (χ0) is 27.7. The Morgan fingerprint density at radius 2 is 1.90 bits per heavy atom. The molecule has 3 heterocycles. The lowest BCUT2D eigenvalue weighted by atomic mass is 10.1. The number of primary amides is 1. The number of hydrogen-bond donors (Lipinski definition) is 3. The van der Waals surface area contributed by atoms with Crippen LogP contribution in [0.5, 0.6) is 0 Å². The van der Waals surface area contributed by atoms with Crippen molar-refractivity contribution in [3.05, 3.63) is 76.9 Å². The first kappa shape index (κ1) is 25.7. The molecule has 39 heavy (non-hydrogen) atoms. The van der Waals surface area contributed by atoms with Gasteiger partial charge in [-0.15, -0.1) is 0 Å². The normalized spacial score (nSPS) is 17.1. The average Bonchev–Trinajstić information content (AvgIpc) is 3.49. The molecule has 2 fully saturated rings. The number of nitrogens with zero attached hydrogens (tertiary/aromatic N) is 5. The Morgan fingerprint density at radius 1 is 1.15 bits per heavy atom. The number of rotatable bonds is 7. The monoisotopic (exact) mass is 524 g/mol. The number of aromatic nitrogens is 3. The first-order valence-corrected chi connectivity index (χ1v) is 12.7. The van der Waals surface area contributed by atoms with E-state index in [0.717, 1.165) is 23.1 Å². The molecule has 3 aromatic rings. The summed E-state index contributed by atoms with van der Waals surface area (Å²) in [6.07, 6.45) is 6.58. The van der Waals surface area contributed by atoms with Gasteiger partial charge in [-0.25, -0.2) is 14.6 Å². The van der Waals surface area contributed by atoms with Gasteiger partial charge in [-0.1, -0.05) is 18.2 Å². The van der Waals surface area contributed by atoms with Gasteiger partial charge in [0.05, 0.1) is 6.04 Å². The van der Waals surface area contributed by atoms with Crippen molar-refractivity contribution in [3.8, 4) is 17.3 Å². The standard InChI is InChI=1S/C28H28N8O3/c1-16-10-11-32-22(13-16)33-27(38)19-8-6-18(7-9-19)23-24(25(30)37)36(31)26(34-23)21-3-2-12-35(21)28(39)20(15-29)14-17-4-5-17/h6-11,13-14,17,21H,2-5,12,31H2,1H3,(H2,30,37)(H,32,33,38)/b20-14+/t21-/m0/s1. The molecule has 0 unspecified atom stereocenters. The maximum Gasteiger partial charge on any atom is 0.269 e. The fourth-order valence-corrected chi connectivity index (χ4v) is 4.78. The molecule has 1 saturated heterocycles. The van der Waals surface area contributed by atoms with Gasteiger partial charge >= 0.3 is 0 Å². The third-order valence-corrected chi connectivity index (χ3v) is 6.94. The third kappa shape index (κ3) is 5.22. The van der Waals surface area contributed by atoms with Gasteiger partial charge in [-0.05, 0) is 68.4 Å². The van der Waals surface area contributed by atoms with Crippen molar-refractivity contribution >= 4 is 23.5 Å². The smallest absolute Gasteiger partial charge is 0.269 e. The molecule has 11 heteroatoms. The zero-order valence-corrected chi connectivity index (χ0v) is 21.4. The van der Waals surface area contributed by atoms with E-state index < -0.39 is 11.9 Å². The quantitative estimate of drug-likeness (QED) is 0.242. The summed E-state index contributed by atoms with van der Waals surface area (Å²) in [6.45, 7) is 2.35. The van der Waals surface area contributed by atoms with Crippen LogP contribution in [0.1, 0.15) is 64.0 Å². The van der Waals surface area contributed by atoms with E-state index in [-0.39, 0.29) is 34.7 Å². The van der Waals surface area contributed by atoms with Crippen LogP contribution in [0, 0.1) is 24.2 Å². The van der Waals surface area contributed by atoms with Gasteiger partial charge in [0.15, 0.2) is 11.5 Å². The summed E-state index contributed by atoms with van der Waals surface area (Å²) in [5.41, 5.74) is 7.91. The maximum absolute atomic E-state index is 13.2. The number of pyridine rings is 1. The highest BCUT2D eigenvalue weighted by Crippen LogP contribution is 2.36. The van der Waals surface area contributed by atoms with E-state index in [4.69, 9.17) is 11.6 Å². The minimum atomic E-state index is -0.777. The largest absolute Gasteiger partial charge is 0.364 e. The Morgan fingerprint density at radius 3 is 2.54 bits per heavy atom. The number of nitrogens with two attached hydrogens (primary N) is 2. The van der Waals surface area contributed by atoms with Gasteiger partial charge < -0.3 is 21.8 Å². The van der Waals surface area contributed by atoms with Crippen LogP contribution in [0.2, 0.25) is 0 Å². The number of nitriles is 1. The SMILES string of the molecule is Cc1ccnc(NC(=O)c2ccc(-c3nc([C@@H]4CCCN4C(=O)/C(C#N)=C/C4CC4)n(N)c3C(N)=O)cc2)c1. The second kappa shape index (κ2) is 10.4. The third-order valence-electron chi connectivity index (χ3n) is 6.94. The number of hydrogen-bond acceptors (Lipinski definition) is 7. The van der Waals surface area contributed by atoms with Crippen LogP contribution in [-0.4, -0.2) is 43.8 Å². The first-order valence-electron chi connectivity index (χ1n) is 12.7. The molecule has 1 aliphatic carbocycles. The summed E-state index contributed by atoms with van der Waals surface area (Å²) in [5, 5.41) is 12.3. The van der Waals surface area contributed by atoms with Crippen molar-refractivity contribution in [1.82, 2.24) is 19.5 Å². The Balaban J connectivity index is 1.43. The molecule has 0 bridgehead atoms. The Labute approximate surface area is 225 Å². The predicted molar refractivity (Wildman–Crippen MR) is 143 cm³/mol. The van der Waals surface area contributed by atoms with Crippen molar-refractivity contribution < 1.29 is 14.4 Å². The molecule has 1 saturated carbocycles. The number of imidazole rings is 1. The molecule has 5 N–H and O–H groups in total. The van der Waals surface area contributed by atoms with Gasteiger partial charge in [0, 0.05) is 23.9 Å². The summed E-state index contributed by atoms with van der Waals surface area (Å²) in [5.74, 6) is 5.86. The van der Waals surface area contributed by atoms with E-state index in [9.17, 15) is 19.6 Å². The maximum atomic E-state index is 13.2. The fraction of sp³-hybridized carbons (Fsp3) is 0.286. The lowest BCUT2D eigenvalue weighted by molar-refractivity contribution is -0.127. The molecular formula is C28H28N8O3. The Kier molecular flexibility index (Phi) is 6.85. The van der Waals surface area contributed by atoms with Gasteiger partial charge in [0.25, 0.3) is 17.7 Å². The summed E-state index contributed by atoms with van der Waals surface area (Å²) >= 11 is 0. The van der Waals surface area contributed by atoms with E-state index in [1.807, 2.05) is 19.1 Å². The fourth-order valence-electron chi connectivity index (χ4n) is 4.78. The summed E-state index contributed by atoms with van der Waals surface area (Å²) in [4.78, 5) is 48.7. The number of allylic oxidation sites excluding steroid dienone is 1. The van der Waals surface area contributed by atoms with Crippen LogP contribution in [0.3, 0.4) is 0 Å². The zero-order valence-electron chi connectivity index (χ0n) is 21.4. The number of nitrogen functional groups attached to an aromatic ring is 1. The topological polar surface area (TPSA) is 173 Å². The number of amides is 3. The molecule has 0 spiro atoms. The number of aryl methyl sites for hydroxylation is 1. The number of benzene rings is 1. The van der Waals surface area contributed by atoms with Crippen molar-refractivity contribution in [1.29, 1.82) is 5.26 Å². The van der Waals surface area contributed by atoms with Crippen molar-refractivity contribution in [3.63, 3.8) is 0 Å². The second-order valence-corrected chi connectivity index (χ2v) is 9.84. The van der Waals surface area contributed by atoms with Gasteiger partial charge in [-0.2, -0.15) is 5.26 Å². The number of nitrogens with one attached hydrogen (secondary N) is 1. The molecule has 198 valence electrons. The number of carbonyl (C=O) groups is 3. The van der Waals surface area contributed by atoms with Crippen molar-refractivity contribution in [2.75, 3.05) is 17.7 Å². The minimum Gasteiger partial charge on any atom is -0.364 e. The highest BCUT2D eigenvalue weighted by Gasteiger charge is 2.37. The highest BCUT2D eigenvalue weighted by atomic mass is 16.2. The first-order chi connectivity index (χ1) is 18.8. The van der Waals surface area contributed by atoms with Crippen LogP contribution in [-0.2, 0) is 4.79 Å². The van der Waals surface area contributed by atoms with Gasteiger partial charge in [-0.3, -0.25) is 14.4 Å². The molecule has 11 nitrogen and oxygen atoms in total. The van der Waals surface area contributed by atoms with Gasteiger partial charge in [0.1, 0.15) is 23.2 Å². The summed E-state index contributed by atoms with van der Waals surface area (Å²) in [7, 11) is 0. The van der Waals surface area contributed by atoms with Crippen molar-refractivity contribution in [2.24, 2.45) is 11.7 Å². The number of anilines is 1. The van der Waals surface area contributed by atoms with Crippen LogP contribution >= 0.6 is 0 Å². The van der Waals surface area contributed by atoms with E-state index in [0.29, 0.717) is 42.2 Å². The lowest BCUT2D eigenvalue weighted by Gasteiger charge is -2.24. The molecule has 1 aliphatic heterocycles. The molecule has 1 aromatic carbocycles. The Bertz CT molecular complexity index is 1530. The highest BCUT2D eigenvalue weighted by molar-refractivity contribution is 6.04. The summed E-state index contributed by atoms with van der Waals surface area (Å²) < 4.78 is 1.13. The second-order valence-electron chi connectivity index (χ2n) is 9.84. The van der Waals surface area contributed by atoms with E-state index >= 15 is 0 Å². The average molecular weight is 525 g/mol. The van der Waals surface area contributed by atoms with E-state index in [2.05, 4.69) is 15.3 Å². The van der Waals surface area contributed by atoms with E-state index in [1.54, 1.807) is 47.5 Å². The molecule has 2 aromatic heterocycles. The number of carbonyl (C=O) groups excluding carboxylic acids is 3. The van der Waals surface area contributed by atoms with Gasteiger partial charge in [0.2, 0.25) is 0 Å². The summed E-state index contributed by atoms with van der Waals surface area (Å²) in [6, 6.07) is 11.6. The molecule has 0 radical (unpaired) electrons. The van der Waals surface area contributed by atoms with Crippen LogP contribution < -0.4 is 16.9 Å². The predicted octanol–water partition coefficient (Wildman–Crippen LogP) is 2.84. The molecular weight excluding hydrogens is 496 g/mol. The molecule has 3 amide bonds. The van der Waals surface area contributed by atoms with Crippen LogP contribution in [0.4, 0.5) is 5.82 Å². The lowest BCUT2D eigenvalue weighted by Crippen LogP contribution is -2.34. The molecule has 5 rings (SSSR count). The van der Waals surface area contributed by atoms with Crippen molar-refractivity contribution in [2.45, 2.75) is 38.6 Å². The minimum absolute atomic E-state index is 0.0144. The molecule has 2 aliphatic rings. The number of likely N-dealkylation sites (tertiary alicyclic amines) is 1. The Hall–Kier alpha value is -4.98. The van der Waals surface area contributed by atoms with Crippen LogP contribution in [0.15, 0.2) is 54.2 Å². The van der Waals surface area contributed by atoms with E-state index in [1.165, 1.54) is 0 Å². The molecule has 1 atom stereocenters. The van der Waals surface area contributed by atoms with Crippen LogP contribution in [0.25, 0.3) is 11.3 Å².